The summed E-state index contributed by atoms with van der Waals surface area (Å²) in [6.45, 7) is 0. The summed E-state index contributed by atoms with van der Waals surface area (Å²) < 4.78 is 26.7. The molecule has 0 radical (unpaired) electrons. The third-order valence-electron chi connectivity index (χ3n) is 2.58. The minimum Gasteiger partial charge on any atom is -0.294 e. The maximum atomic E-state index is 13.4. The zero-order valence-corrected chi connectivity index (χ0v) is 9.57. The summed E-state index contributed by atoms with van der Waals surface area (Å²) in [5.74, 6) is -2.18. The molecule has 2 nitrogen and oxygen atoms in total. The van der Waals surface area contributed by atoms with E-state index >= 15 is 0 Å². The van der Waals surface area contributed by atoms with Gasteiger partial charge in [-0.15, -0.1) is 0 Å². The third kappa shape index (κ3) is 2.77. The van der Waals surface area contributed by atoms with Gasteiger partial charge in [-0.2, -0.15) is 0 Å². The van der Waals surface area contributed by atoms with Crippen molar-refractivity contribution in [2.45, 2.75) is 12.8 Å². The van der Waals surface area contributed by atoms with Crippen LogP contribution in [0, 0.1) is 11.6 Å². The third-order valence-corrected chi connectivity index (χ3v) is 2.58. The number of ketones is 1. The van der Waals surface area contributed by atoms with Crippen LogP contribution < -0.4 is 0 Å². The molecule has 2 rings (SSSR count). The fraction of sp³-hybridized carbons (Fsp3) is 0.143. The molecule has 0 aliphatic heterocycles. The molecular weight excluding hydrogens is 236 g/mol. The molecule has 0 spiro atoms. The number of pyridine rings is 1. The number of benzene rings is 1. The van der Waals surface area contributed by atoms with Crippen LogP contribution >= 0.6 is 0 Å². The van der Waals surface area contributed by atoms with Crippen molar-refractivity contribution in [2.24, 2.45) is 0 Å². The number of halogens is 2. The first-order valence-electron chi connectivity index (χ1n) is 5.55. The Balaban J connectivity index is 2.09. The number of hydrogen-bond donors (Lipinski definition) is 0. The van der Waals surface area contributed by atoms with E-state index in [1.54, 1.807) is 24.4 Å². The number of Topliss-reactive ketones (excluding diaryl/α,β-unsaturated/α-hetero) is 1. The minimum absolute atomic E-state index is 0.0366. The van der Waals surface area contributed by atoms with Crippen LogP contribution in [-0.2, 0) is 6.42 Å². The first-order valence-corrected chi connectivity index (χ1v) is 5.55. The predicted molar refractivity (Wildman–Crippen MR) is 63.2 cm³/mol. The van der Waals surface area contributed by atoms with E-state index < -0.39 is 23.0 Å². The topological polar surface area (TPSA) is 30.0 Å². The molecule has 1 heterocycles. The molecule has 0 saturated heterocycles. The summed E-state index contributed by atoms with van der Waals surface area (Å²) >= 11 is 0. The molecule has 92 valence electrons. The minimum atomic E-state index is -0.818. The molecule has 1 aromatic carbocycles. The predicted octanol–water partition coefficient (Wildman–Crippen LogP) is 3.18. The standard InChI is InChI=1S/C14H11F2NO/c15-11-5-3-6-12(16)14(11)13(18)8-7-10-4-1-2-9-17-10/h1-6,9H,7-8H2. The Morgan fingerprint density at radius 3 is 2.39 bits per heavy atom. The second-order valence-electron chi connectivity index (χ2n) is 3.84. The number of carbonyl (C=O) groups is 1. The van der Waals surface area contributed by atoms with Crippen LogP contribution in [0.2, 0.25) is 0 Å². The average molecular weight is 247 g/mol. The Hall–Kier alpha value is -2.10. The van der Waals surface area contributed by atoms with Crippen LogP contribution in [0.3, 0.4) is 0 Å². The highest BCUT2D eigenvalue weighted by Crippen LogP contribution is 2.15. The lowest BCUT2D eigenvalue weighted by Gasteiger charge is -2.03. The van der Waals surface area contributed by atoms with E-state index in [2.05, 4.69) is 4.98 Å². The molecule has 0 N–H and O–H groups in total. The Morgan fingerprint density at radius 2 is 1.78 bits per heavy atom. The van der Waals surface area contributed by atoms with Crippen LogP contribution in [0.15, 0.2) is 42.6 Å². The summed E-state index contributed by atoms with van der Waals surface area (Å²) in [5, 5.41) is 0. The van der Waals surface area contributed by atoms with E-state index in [1.165, 1.54) is 6.07 Å². The zero-order valence-electron chi connectivity index (χ0n) is 9.57. The van der Waals surface area contributed by atoms with E-state index in [4.69, 9.17) is 0 Å². The van der Waals surface area contributed by atoms with Gasteiger partial charge in [0.1, 0.15) is 11.6 Å². The molecular formula is C14H11F2NO. The smallest absolute Gasteiger partial charge is 0.169 e. The van der Waals surface area contributed by atoms with E-state index in [-0.39, 0.29) is 6.42 Å². The molecule has 0 unspecified atom stereocenters. The van der Waals surface area contributed by atoms with Crippen molar-refractivity contribution in [2.75, 3.05) is 0 Å². The molecule has 0 fully saturated rings. The van der Waals surface area contributed by atoms with Gasteiger partial charge in [0.2, 0.25) is 0 Å². The van der Waals surface area contributed by atoms with Gasteiger partial charge in [0.25, 0.3) is 0 Å². The second-order valence-corrected chi connectivity index (χ2v) is 3.84. The van der Waals surface area contributed by atoms with Gasteiger partial charge in [-0.3, -0.25) is 9.78 Å². The summed E-state index contributed by atoms with van der Waals surface area (Å²) in [7, 11) is 0. The lowest BCUT2D eigenvalue weighted by atomic mass is 10.0. The SMILES string of the molecule is O=C(CCc1ccccn1)c1c(F)cccc1F. The fourth-order valence-electron chi connectivity index (χ4n) is 1.68. The van der Waals surface area contributed by atoms with Crippen molar-refractivity contribution in [3.05, 3.63) is 65.5 Å². The molecule has 0 atom stereocenters. The molecule has 1 aromatic heterocycles. The van der Waals surface area contributed by atoms with E-state index in [1.807, 2.05) is 0 Å². The van der Waals surface area contributed by atoms with Crippen molar-refractivity contribution in [3.63, 3.8) is 0 Å². The summed E-state index contributed by atoms with van der Waals surface area (Å²) in [6, 6.07) is 8.73. The lowest BCUT2D eigenvalue weighted by Crippen LogP contribution is -2.07. The number of aryl methyl sites for hydroxylation is 1. The normalized spacial score (nSPS) is 10.3. The van der Waals surface area contributed by atoms with Crippen LogP contribution in [0.1, 0.15) is 22.5 Å². The van der Waals surface area contributed by atoms with Gasteiger partial charge >= 0.3 is 0 Å². The summed E-state index contributed by atoms with van der Waals surface area (Å²) in [4.78, 5) is 15.8. The van der Waals surface area contributed by atoms with E-state index in [9.17, 15) is 13.6 Å². The van der Waals surface area contributed by atoms with Crippen molar-refractivity contribution in [1.29, 1.82) is 0 Å². The number of hydrogen-bond acceptors (Lipinski definition) is 2. The maximum Gasteiger partial charge on any atom is 0.169 e. The quantitative estimate of drug-likeness (QED) is 0.777. The number of carbonyl (C=O) groups excluding carboxylic acids is 1. The van der Waals surface area contributed by atoms with Gasteiger partial charge in [0.05, 0.1) is 5.56 Å². The van der Waals surface area contributed by atoms with Gasteiger partial charge in [-0.05, 0) is 30.7 Å². The van der Waals surface area contributed by atoms with Gasteiger partial charge in [0, 0.05) is 18.3 Å². The second kappa shape index (κ2) is 5.49. The van der Waals surface area contributed by atoms with Gasteiger partial charge < -0.3 is 0 Å². The fourth-order valence-corrected chi connectivity index (χ4v) is 1.68. The highest BCUT2D eigenvalue weighted by molar-refractivity contribution is 5.96. The zero-order chi connectivity index (χ0) is 13.0. The Bertz CT molecular complexity index is 535. The molecule has 0 saturated carbocycles. The van der Waals surface area contributed by atoms with Crippen LogP contribution in [0.4, 0.5) is 8.78 Å². The van der Waals surface area contributed by atoms with Crippen molar-refractivity contribution in [3.8, 4) is 0 Å². The number of nitrogens with zero attached hydrogens (tertiary/aromatic N) is 1. The van der Waals surface area contributed by atoms with Gasteiger partial charge in [-0.1, -0.05) is 12.1 Å². The Labute approximate surface area is 103 Å². The summed E-state index contributed by atoms with van der Waals surface area (Å²) in [5.41, 5.74) is 0.260. The van der Waals surface area contributed by atoms with E-state index in [0.29, 0.717) is 6.42 Å². The molecule has 0 aliphatic carbocycles. The highest BCUT2D eigenvalue weighted by Gasteiger charge is 2.16. The van der Waals surface area contributed by atoms with Crippen LogP contribution in [0.5, 0.6) is 0 Å². The monoisotopic (exact) mass is 247 g/mol. The average Bonchev–Trinajstić information content (AvgIpc) is 2.37. The highest BCUT2D eigenvalue weighted by atomic mass is 19.1. The number of aromatic nitrogens is 1. The Kier molecular flexibility index (Phi) is 3.77. The summed E-state index contributed by atoms with van der Waals surface area (Å²) in [6.07, 6.45) is 2.02. The largest absolute Gasteiger partial charge is 0.294 e. The first-order chi connectivity index (χ1) is 8.68. The Morgan fingerprint density at radius 1 is 1.06 bits per heavy atom. The maximum absolute atomic E-state index is 13.4. The van der Waals surface area contributed by atoms with Crippen LogP contribution in [0.25, 0.3) is 0 Å². The van der Waals surface area contributed by atoms with Gasteiger partial charge in [-0.25, -0.2) is 8.78 Å². The molecule has 4 heteroatoms. The van der Waals surface area contributed by atoms with Crippen molar-refractivity contribution < 1.29 is 13.6 Å². The van der Waals surface area contributed by atoms with Crippen molar-refractivity contribution >= 4 is 5.78 Å². The first kappa shape index (κ1) is 12.4. The molecule has 0 aliphatic rings. The van der Waals surface area contributed by atoms with Gasteiger partial charge in [0.15, 0.2) is 5.78 Å². The molecule has 0 amide bonds. The van der Waals surface area contributed by atoms with E-state index in [0.717, 1.165) is 17.8 Å². The lowest BCUT2D eigenvalue weighted by molar-refractivity contribution is 0.0974. The number of rotatable bonds is 4. The van der Waals surface area contributed by atoms with Crippen LogP contribution in [-0.4, -0.2) is 10.8 Å². The molecule has 0 bridgehead atoms. The molecule has 2 aromatic rings. The molecule has 18 heavy (non-hydrogen) atoms. The van der Waals surface area contributed by atoms with Crippen molar-refractivity contribution in [1.82, 2.24) is 4.98 Å².